The second kappa shape index (κ2) is 7.70. The molecule has 2 aromatic rings. The molecule has 0 aliphatic rings. The first-order chi connectivity index (χ1) is 10.9. The number of carbonyl (C=O) groups excluding carboxylic acids is 2. The fraction of sp³-hybridized carbons (Fsp3) is 0.438. The molecule has 7 heteroatoms. The average Bonchev–Trinajstić information content (AvgIpc) is 3.10. The summed E-state index contributed by atoms with van der Waals surface area (Å²) in [6.45, 7) is 7.68. The zero-order valence-electron chi connectivity index (χ0n) is 13.7. The van der Waals surface area contributed by atoms with E-state index < -0.39 is 6.04 Å². The number of aromatic nitrogens is 1. The summed E-state index contributed by atoms with van der Waals surface area (Å²) in [6, 6.07) is 3.51. The molecule has 0 bridgehead atoms. The van der Waals surface area contributed by atoms with Crippen LogP contribution in [0.4, 0.5) is 0 Å². The van der Waals surface area contributed by atoms with Gasteiger partial charge in [-0.1, -0.05) is 13.8 Å². The predicted octanol–water partition coefficient (Wildman–Crippen LogP) is 2.96. The zero-order chi connectivity index (χ0) is 17.0. The van der Waals surface area contributed by atoms with Crippen molar-refractivity contribution in [2.45, 2.75) is 40.3 Å². The number of aryl methyl sites for hydroxylation is 1. The minimum absolute atomic E-state index is 0.0378. The Morgan fingerprint density at radius 1 is 1.30 bits per heavy atom. The Labute approximate surface area is 144 Å². The van der Waals surface area contributed by atoms with E-state index in [0.717, 1.165) is 20.5 Å². The van der Waals surface area contributed by atoms with Crippen LogP contribution in [0.25, 0.3) is 10.6 Å². The maximum atomic E-state index is 12.2. The van der Waals surface area contributed by atoms with Gasteiger partial charge in [-0.25, -0.2) is 4.98 Å². The zero-order valence-corrected chi connectivity index (χ0v) is 15.3. The summed E-state index contributed by atoms with van der Waals surface area (Å²) >= 11 is 3.24. The first kappa shape index (κ1) is 17.6. The molecule has 0 fully saturated rings. The summed E-state index contributed by atoms with van der Waals surface area (Å²) in [4.78, 5) is 30.1. The van der Waals surface area contributed by atoms with Gasteiger partial charge in [0.2, 0.25) is 11.8 Å². The number of thiophene rings is 1. The van der Waals surface area contributed by atoms with E-state index in [-0.39, 0.29) is 17.7 Å². The number of nitrogens with one attached hydrogen (secondary N) is 2. The predicted molar refractivity (Wildman–Crippen MR) is 94.5 cm³/mol. The number of amides is 2. The van der Waals surface area contributed by atoms with Crippen molar-refractivity contribution in [1.29, 1.82) is 0 Å². The lowest BCUT2D eigenvalue weighted by Gasteiger charge is -2.20. The van der Waals surface area contributed by atoms with Gasteiger partial charge in [0, 0.05) is 17.2 Å². The van der Waals surface area contributed by atoms with Crippen molar-refractivity contribution in [3.63, 3.8) is 0 Å². The molecule has 0 radical (unpaired) electrons. The molecular formula is C16H21N3O2S2. The van der Waals surface area contributed by atoms with E-state index in [9.17, 15) is 9.59 Å². The van der Waals surface area contributed by atoms with Gasteiger partial charge >= 0.3 is 0 Å². The van der Waals surface area contributed by atoms with Gasteiger partial charge < -0.3 is 10.6 Å². The van der Waals surface area contributed by atoms with E-state index >= 15 is 0 Å². The van der Waals surface area contributed by atoms with Crippen molar-refractivity contribution >= 4 is 34.5 Å². The van der Waals surface area contributed by atoms with Gasteiger partial charge in [0.05, 0.1) is 22.1 Å². The highest BCUT2D eigenvalue weighted by Gasteiger charge is 2.22. The van der Waals surface area contributed by atoms with Crippen LogP contribution in [-0.4, -0.2) is 22.8 Å². The Hall–Kier alpha value is -1.73. The van der Waals surface area contributed by atoms with Gasteiger partial charge in [-0.2, -0.15) is 0 Å². The van der Waals surface area contributed by atoms with Crippen LogP contribution in [0.5, 0.6) is 0 Å². The van der Waals surface area contributed by atoms with Gasteiger partial charge in [0.15, 0.2) is 0 Å². The maximum Gasteiger partial charge on any atom is 0.243 e. The monoisotopic (exact) mass is 351 g/mol. The molecule has 2 N–H and O–H groups in total. The number of thiazole rings is 1. The molecule has 2 aromatic heterocycles. The summed E-state index contributed by atoms with van der Waals surface area (Å²) in [5, 5.41) is 8.66. The Bertz CT molecular complexity index is 691. The van der Waals surface area contributed by atoms with Crippen LogP contribution < -0.4 is 10.6 Å². The summed E-state index contributed by atoms with van der Waals surface area (Å²) in [5.74, 6) is -0.318. The summed E-state index contributed by atoms with van der Waals surface area (Å²) in [5.41, 5.74) is 0.980. The largest absolute Gasteiger partial charge is 0.349 e. The smallest absolute Gasteiger partial charge is 0.243 e. The van der Waals surface area contributed by atoms with E-state index in [2.05, 4.69) is 15.6 Å². The quantitative estimate of drug-likeness (QED) is 0.840. The van der Waals surface area contributed by atoms with Crippen LogP contribution in [0.2, 0.25) is 0 Å². The second-order valence-corrected chi connectivity index (χ2v) is 7.89. The number of nitrogens with zero attached hydrogens (tertiary/aromatic N) is 1. The third-order valence-corrected chi connectivity index (χ3v) is 5.16. The second-order valence-electron chi connectivity index (χ2n) is 5.66. The van der Waals surface area contributed by atoms with Crippen molar-refractivity contribution < 1.29 is 9.59 Å². The van der Waals surface area contributed by atoms with Gasteiger partial charge in [-0.05, 0) is 25.0 Å². The van der Waals surface area contributed by atoms with E-state index in [1.807, 2.05) is 38.3 Å². The van der Waals surface area contributed by atoms with Crippen molar-refractivity contribution in [3.05, 3.63) is 27.4 Å². The van der Waals surface area contributed by atoms with Crippen LogP contribution in [0.1, 0.15) is 30.7 Å². The molecule has 0 aliphatic heterocycles. The lowest BCUT2D eigenvalue weighted by molar-refractivity contribution is -0.129. The Morgan fingerprint density at radius 2 is 2.04 bits per heavy atom. The van der Waals surface area contributed by atoms with Crippen molar-refractivity contribution in [2.24, 2.45) is 5.92 Å². The minimum Gasteiger partial charge on any atom is -0.349 e. The molecule has 5 nitrogen and oxygen atoms in total. The van der Waals surface area contributed by atoms with Crippen LogP contribution >= 0.6 is 22.7 Å². The molecule has 0 aromatic carbocycles. The van der Waals surface area contributed by atoms with Crippen LogP contribution in [-0.2, 0) is 16.1 Å². The molecule has 0 aliphatic carbocycles. The molecule has 124 valence electrons. The SMILES string of the molecule is CC(=O)N[C@@H](C(=O)NCc1ccc(-c2csc(C)n2)s1)C(C)C. The molecular weight excluding hydrogens is 330 g/mol. The highest BCUT2D eigenvalue weighted by molar-refractivity contribution is 7.16. The third-order valence-electron chi connectivity index (χ3n) is 3.28. The topological polar surface area (TPSA) is 71.1 Å². The number of hydrogen-bond donors (Lipinski definition) is 2. The average molecular weight is 351 g/mol. The lowest BCUT2D eigenvalue weighted by atomic mass is 10.0. The molecule has 0 saturated heterocycles. The fourth-order valence-electron chi connectivity index (χ4n) is 2.13. The van der Waals surface area contributed by atoms with Crippen LogP contribution in [0.15, 0.2) is 17.5 Å². The molecule has 23 heavy (non-hydrogen) atoms. The lowest BCUT2D eigenvalue weighted by Crippen LogP contribution is -2.48. The molecule has 2 amide bonds. The van der Waals surface area contributed by atoms with Crippen molar-refractivity contribution in [3.8, 4) is 10.6 Å². The maximum absolute atomic E-state index is 12.2. The summed E-state index contributed by atoms with van der Waals surface area (Å²) in [6.07, 6.45) is 0. The highest BCUT2D eigenvalue weighted by atomic mass is 32.1. The molecule has 0 spiro atoms. The third kappa shape index (κ3) is 4.87. The van der Waals surface area contributed by atoms with Crippen LogP contribution in [0, 0.1) is 12.8 Å². The molecule has 0 unspecified atom stereocenters. The molecule has 1 atom stereocenters. The summed E-state index contributed by atoms with van der Waals surface area (Å²) in [7, 11) is 0. The molecule has 0 saturated carbocycles. The number of rotatable bonds is 6. The first-order valence-corrected chi connectivity index (χ1v) is 9.12. The van der Waals surface area contributed by atoms with Crippen LogP contribution in [0.3, 0.4) is 0 Å². The highest BCUT2D eigenvalue weighted by Crippen LogP contribution is 2.28. The minimum atomic E-state index is -0.506. The van der Waals surface area contributed by atoms with Crippen molar-refractivity contribution in [1.82, 2.24) is 15.6 Å². The first-order valence-electron chi connectivity index (χ1n) is 7.43. The number of carbonyl (C=O) groups is 2. The Morgan fingerprint density at radius 3 is 2.61 bits per heavy atom. The van der Waals surface area contributed by atoms with Gasteiger partial charge in [-0.15, -0.1) is 22.7 Å². The number of hydrogen-bond acceptors (Lipinski definition) is 5. The van der Waals surface area contributed by atoms with E-state index in [4.69, 9.17) is 0 Å². The fourth-order valence-corrected chi connectivity index (χ4v) is 3.72. The standard InChI is InChI=1S/C16H21N3O2S2/c1-9(2)15(18-10(3)20)16(21)17-7-12-5-6-14(23-12)13-8-22-11(4)19-13/h5-6,8-9,15H,7H2,1-4H3,(H,17,21)(H,18,20)/t15-/m1/s1. The van der Waals surface area contributed by atoms with Crippen molar-refractivity contribution in [2.75, 3.05) is 0 Å². The normalized spacial score (nSPS) is 12.2. The van der Waals surface area contributed by atoms with Gasteiger partial charge in [0.1, 0.15) is 6.04 Å². The van der Waals surface area contributed by atoms with E-state index in [0.29, 0.717) is 6.54 Å². The van der Waals surface area contributed by atoms with Gasteiger partial charge in [0.25, 0.3) is 0 Å². The molecule has 2 heterocycles. The van der Waals surface area contributed by atoms with Gasteiger partial charge in [-0.3, -0.25) is 9.59 Å². The van der Waals surface area contributed by atoms with E-state index in [1.54, 1.807) is 22.7 Å². The van der Waals surface area contributed by atoms with E-state index in [1.165, 1.54) is 6.92 Å². The molecule has 2 rings (SSSR count). The summed E-state index contributed by atoms with van der Waals surface area (Å²) < 4.78 is 0. The Kier molecular flexibility index (Phi) is 5.90. The Balaban J connectivity index is 1.96.